The van der Waals surface area contributed by atoms with E-state index in [0.717, 1.165) is 13.1 Å². The summed E-state index contributed by atoms with van der Waals surface area (Å²) in [4.78, 5) is 2.06. The lowest BCUT2D eigenvalue weighted by molar-refractivity contribution is -0.253. The van der Waals surface area contributed by atoms with E-state index in [1.54, 1.807) is 6.07 Å². The van der Waals surface area contributed by atoms with E-state index in [9.17, 15) is 17.6 Å². The highest BCUT2D eigenvalue weighted by atomic mass is 19.3. The molecule has 0 aromatic heterocycles. The van der Waals surface area contributed by atoms with Crippen LogP contribution >= 0.6 is 0 Å². The van der Waals surface area contributed by atoms with Crippen molar-refractivity contribution < 1.29 is 22.3 Å². The molecule has 0 amide bonds. The maximum Gasteiger partial charge on any atom is 0.461 e. The number of nitriles is 1. The number of ether oxygens (including phenoxy) is 1. The van der Waals surface area contributed by atoms with Gasteiger partial charge in [-0.15, -0.1) is 0 Å². The summed E-state index contributed by atoms with van der Waals surface area (Å²) in [5.74, 6) is -0.342. The van der Waals surface area contributed by atoms with Gasteiger partial charge in [-0.1, -0.05) is 12.1 Å². The molecule has 4 nitrogen and oxygen atoms in total. The van der Waals surface area contributed by atoms with Crippen LogP contribution in [0.3, 0.4) is 0 Å². The zero-order chi connectivity index (χ0) is 16.9. The summed E-state index contributed by atoms with van der Waals surface area (Å²) in [6, 6.07) is 7.41. The summed E-state index contributed by atoms with van der Waals surface area (Å²) in [6.45, 7) is 2.96. The molecule has 1 saturated heterocycles. The summed E-state index contributed by atoms with van der Waals surface area (Å²) >= 11 is 0. The van der Waals surface area contributed by atoms with Crippen molar-refractivity contribution in [3.63, 3.8) is 0 Å². The van der Waals surface area contributed by atoms with Gasteiger partial charge in [0, 0.05) is 32.2 Å². The van der Waals surface area contributed by atoms with Gasteiger partial charge >= 0.3 is 12.5 Å². The van der Waals surface area contributed by atoms with Gasteiger partial charge < -0.3 is 10.1 Å². The lowest BCUT2D eigenvalue weighted by Crippen LogP contribution is -2.45. The molecular formula is C15H17F4N3O. The number of hydrogen-bond acceptors (Lipinski definition) is 4. The minimum Gasteiger partial charge on any atom is -0.428 e. The summed E-state index contributed by atoms with van der Waals surface area (Å²) in [6.07, 6.45) is -8.28. The zero-order valence-electron chi connectivity index (χ0n) is 12.3. The first kappa shape index (κ1) is 17.5. The molecule has 1 N–H and O–H groups in total. The molecule has 0 saturated carbocycles. The third kappa shape index (κ3) is 4.56. The quantitative estimate of drug-likeness (QED) is 0.815. The van der Waals surface area contributed by atoms with Crippen molar-refractivity contribution in [3.05, 3.63) is 29.8 Å². The maximum absolute atomic E-state index is 13.0. The average Bonchev–Trinajstić information content (AvgIpc) is 2.53. The fraction of sp³-hybridized carbons (Fsp3) is 0.533. The van der Waals surface area contributed by atoms with Crippen molar-refractivity contribution in [2.45, 2.75) is 25.0 Å². The fourth-order valence-corrected chi connectivity index (χ4v) is 2.53. The van der Waals surface area contributed by atoms with Gasteiger partial charge in [-0.2, -0.15) is 22.8 Å². The Labute approximate surface area is 131 Å². The van der Waals surface area contributed by atoms with Crippen LogP contribution in [0.15, 0.2) is 24.3 Å². The minimum absolute atomic E-state index is 0.175. The van der Waals surface area contributed by atoms with Gasteiger partial charge in [0.25, 0.3) is 0 Å². The lowest BCUT2D eigenvalue weighted by Gasteiger charge is -2.34. The van der Waals surface area contributed by atoms with Crippen LogP contribution in [0.5, 0.6) is 5.75 Å². The average molecular weight is 331 g/mol. The van der Waals surface area contributed by atoms with Gasteiger partial charge in [0.1, 0.15) is 5.75 Å². The van der Waals surface area contributed by atoms with Crippen LogP contribution in [0.2, 0.25) is 0 Å². The first-order valence-corrected chi connectivity index (χ1v) is 7.20. The van der Waals surface area contributed by atoms with Crippen LogP contribution in [0, 0.1) is 11.3 Å². The van der Waals surface area contributed by atoms with Gasteiger partial charge in [0.15, 0.2) is 0 Å². The molecule has 23 heavy (non-hydrogen) atoms. The molecule has 0 unspecified atom stereocenters. The molecule has 8 heteroatoms. The normalized spacial score (nSPS) is 17.7. The third-order valence-corrected chi connectivity index (χ3v) is 3.63. The van der Waals surface area contributed by atoms with Crippen LogP contribution in [0.25, 0.3) is 0 Å². The molecule has 0 radical (unpaired) electrons. The van der Waals surface area contributed by atoms with Crippen LogP contribution < -0.4 is 10.1 Å². The van der Waals surface area contributed by atoms with Crippen molar-refractivity contribution in [1.82, 2.24) is 10.2 Å². The van der Waals surface area contributed by atoms with Crippen molar-refractivity contribution in [2.75, 3.05) is 26.2 Å². The van der Waals surface area contributed by atoms with Gasteiger partial charge in [-0.3, -0.25) is 4.90 Å². The Morgan fingerprint density at radius 3 is 2.61 bits per heavy atom. The highest BCUT2D eigenvalue weighted by Crippen LogP contribution is 2.31. The number of hydrogen-bond donors (Lipinski definition) is 1. The number of nitrogens with zero attached hydrogens (tertiary/aromatic N) is 2. The molecule has 0 aliphatic carbocycles. The number of halogens is 4. The van der Waals surface area contributed by atoms with E-state index < -0.39 is 12.5 Å². The molecule has 1 aromatic rings. The zero-order valence-corrected chi connectivity index (χ0v) is 12.3. The smallest absolute Gasteiger partial charge is 0.428 e. The van der Waals surface area contributed by atoms with E-state index in [0.29, 0.717) is 18.7 Å². The first-order chi connectivity index (χ1) is 10.9. The van der Waals surface area contributed by atoms with E-state index in [-0.39, 0.29) is 18.2 Å². The van der Waals surface area contributed by atoms with E-state index in [1.807, 2.05) is 0 Å². The van der Waals surface area contributed by atoms with Gasteiger partial charge in [-0.05, 0) is 17.7 Å². The van der Waals surface area contributed by atoms with Gasteiger partial charge in [0.05, 0.1) is 12.5 Å². The van der Waals surface area contributed by atoms with Crippen molar-refractivity contribution >= 4 is 0 Å². The second kappa shape index (κ2) is 7.62. The third-order valence-electron chi connectivity index (χ3n) is 3.63. The monoisotopic (exact) mass is 331 g/mol. The number of nitrogens with one attached hydrogen (secondary N) is 1. The predicted octanol–water partition coefficient (Wildman–Crippen LogP) is 2.78. The molecule has 1 atom stereocenters. The highest BCUT2D eigenvalue weighted by molar-refractivity contribution is 5.31. The molecule has 1 fully saturated rings. The van der Waals surface area contributed by atoms with Crippen molar-refractivity contribution in [3.8, 4) is 11.8 Å². The number of piperazine rings is 1. The SMILES string of the molecule is N#CC[C@H](c1cccc(OC(F)(F)C(F)F)c1)N1CCNCC1. The van der Waals surface area contributed by atoms with Crippen LogP contribution in [-0.4, -0.2) is 43.6 Å². The number of alkyl halides is 4. The Balaban J connectivity index is 2.20. The largest absolute Gasteiger partial charge is 0.461 e. The lowest BCUT2D eigenvalue weighted by atomic mass is 10.0. The Hall–Kier alpha value is -1.85. The summed E-state index contributed by atoms with van der Waals surface area (Å²) in [7, 11) is 0. The molecule has 1 aliphatic heterocycles. The Bertz CT molecular complexity index is 556. The van der Waals surface area contributed by atoms with Crippen LogP contribution in [-0.2, 0) is 0 Å². The second-order valence-electron chi connectivity index (χ2n) is 5.20. The molecular weight excluding hydrogens is 314 g/mol. The fourth-order valence-electron chi connectivity index (χ4n) is 2.53. The van der Waals surface area contributed by atoms with Crippen molar-refractivity contribution in [2.24, 2.45) is 0 Å². The predicted molar refractivity (Wildman–Crippen MR) is 75.4 cm³/mol. The molecule has 126 valence electrons. The minimum atomic E-state index is -4.54. The topological polar surface area (TPSA) is 48.3 Å². The van der Waals surface area contributed by atoms with Gasteiger partial charge in [-0.25, -0.2) is 0 Å². The molecule has 1 aliphatic rings. The summed E-state index contributed by atoms with van der Waals surface area (Å²) in [5, 5.41) is 12.2. The maximum atomic E-state index is 13.0. The Morgan fingerprint density at radius 2 is 2.00 bits per heavy atom. The van der Waals surface area contributed by atoms with E-state index in [4.69, 9.17) is 5.26 Å². The van der Waals surface area contributed by atoms with Crippen LogP contribution in [0.4, 0.5) is 17.6 Å². The van der Waals surface area contributed by atoms with E-state index >= 15 is 0 Å². The first-order valence-electron chi connectivity index (χ1n) is 7.20. The van der Waals surface area contributed by atoms with Crippen LogP contribution in [0.1, 0.15) is 18.0 Å². The molecule has 0 bridgehead atoms. The molecule has 1 heterocycles. The van der Waals surface area contributed by atoms with E-state index in [2.05, 4.69) is 21.0 Å². The standard InChI is InChI=1S/C15H17F4N3O/c16-14(17)15(18,19)23-12-3-1-2-11(10-12)13(4-5-20)22-8-6-21-7-9-22/h1-3,10,13-14,21H,4,6-9H2/t13-/m1/s1. The van der Waals surface area contributed by atoms with Crippen molar-refractivity contribution in [1.29, 1.82) is 5.26 Å². The summed E-state index contributed by atoms with van der Waals surface area (Å²) in [5.41, 5.74) is 0.594. The molecule has 2 rings (SSSR count). The Kier molecular flexibility index (Phi) is 5.80. The van der Waals surface area contributed by atoms with E-state index in [1.165, 1.54) is 18.2 Å². The molecule has 0 spiro atoms. The molecule has 1 aromatic carbocycles. The Morgan fingerprint density at radius 1 is 1.30 bits per heavy atom. The van der Waals surface area contributed by atoms with Gasteiger partial charge in [0.2, 0.25) is 0 Å². The summed E-state index contributed by atoms with van der Waals surface area (Å²) < 4.78 is 54.6. The second-order valence-corrected chi connectivity index (χ2v) is 5.20. The number of benzene rings is 1. The highest BCUT2D eigenvalue weighted by Gasteiger charge is 2.44. The number of rotatable bonds is 6.